The second kappa shape index (κ2) is 9.36. The van der Waals surface area contributed by atoms with Gasteiger partial charge in [-0.1, -0.05) is 36.4 Å². The zero-order valence-electron chi connectivity index (χ0n) is 20.0. The van der Waals surface area contributed by atoms with Crippen molar-refractivity contribution in [2.75, 3.05) is 19.6 Å². The van der Waals surface area contributed by atoms with Gasteiger partial charge < -0.3 is 10.2 Å². The van der Waals surface area contributed by atoms with Gasteiger partial charge in [-0.05, 0) is 66.5 Å². The Morgan fingerprint density at radius 2 is 1.97 bits per heavy atom. The number of aromatic nitrogens is 2. The number of carbonyl (C=O) groups excluding carboxylic acids is 1. The molecular formula is C29H33ClN4O+2. The van der Waals surface area contributed by atoms with Crippen LogP contribution >= 0.6 is 11.6 Å². The lowest BCUT2D eigenvalue weighted by atomic mass is 9.65. The summed E-state index contributed by atoms with van der Waals surface area (Å²) in [4.78, 5) is 24.4. The number of aryl methyl sites for hydroxylation is 1. The summed E-state index contributed by atoms with van der Waals surface area (Å²) in [5.74, 6) is 0.729. The molecule has 6 heteroatoms. The van der Waals surface area contributed by atoms with Gasteiger partial charge in [0, 0.05) is 37.0 Å². The molecule has 3 N–H and O–H groups in total. The Morgan fingerprint density at radius 3 is 2.80 bits per heavy atom. The van der Waals surface area contributed by atoms with Crippen LogP contribution in [0.4, 0.5) is 0 Å². The third-order valence-corrected chi connectivity index (χ3v) is 8.90. The lowest BCUT2D eigenvalue weighted by molar-refractivity contribution is -0.640. The number of amides is 1. The highest BCUT2D eigenvalue weighted by Gasteiger charge is 2.56. The summed E-state index contributed by atoms with van der Waals surface area (Å²) in [6, 6.07) is 19.1. The zero-order chi connectivity index (χ0) is 23.8. The molecule has 1 aromatic carbocycles. The van der Waals surface area contributed by atoms with E-state index in [-0.39, 0.29) is 17.4 Å². The fraction of sp³-hybridized carbons (Fsp3) is 0.414. The second-order valence-electron chi connectivity index (χ2n) is 10.5. The molecule has 4 atom stereocenters. The van der Waals surface area contributed by atoms with Crippen molar-refractivity contribution in [1.82, 2.24) is 9.88 Å². The normalized spacial score (nSPS) is 28.1. The van der Waals surface area contributed by atoms with Gasteiger partial charge >= 0.3 is 0 Å². The number of nitrogens with two attached hydrogens (primary N) is 1. The van der Waals surface area contributed by atoms with Crippen molar-refractivity contribution in [3.05, 3.63) is 94.5 Å². The molecule has 2 saturated heterocycles. The average molecular weight is 489 g/mol. The number of carbonyl (C=O) groups is 1. The van der Waals surface area contributed by atoms with Crippen molar-refractivity contribution in [3.63, 3.8) is 0 Å². The predicted octanol–water partition coefficient (Wildman–Crippen LogP) is 3.46. The first-order valence-electron chi connectivity index (χ1n) is 12.9. The van der Waals surface area contributed by atoms with Crippen LogP contribution in [-0.2, 0) is 16.6 Å². The van der Waals surface area contributed by atoms with Gasteiger partial charge in [0.25, 0.3) is 5.15 Å². The van der Waals surface area contributed by atoms with Crippen LogP contribution in [0.15, 0.2) is 67.0 Å². The second-order valence-corrected chi connectivity index (χ2v) is 10.9. The highest BCUT2D eigenvalue weighted by molar-refractivity contribution is 6.28. The van der Waals surface area contributed by atoms with Crippen molar-refractivity contribution in [2.45, 2.75) is 49.5 Å². The van der Waals surface area contributed by atoms with E-state index >= 15 is 0 Å². The first-order valence-corrected chi connectivity index (χ1v) is 13.3. The van der Waals surface area contributed by atoms with Crippen LogP contribution < -0.4 is 10.3 Å². The van der Waals surface area contributed by atoms with Crippen LogP contribution in [0.1, 0.15) is 60.0 Å². The van der Waals surface area contributed by atoms with Crippen LogP contribution in [0.5, 0.6) is 0 Å². The number of quaternary nitrogens is 1. The summed E-state index contributed by atoms with van der Waals surface area (Å²) in [6.07, 6.45) is 8.83. The van der Waals surface area contributed by atoms with E-state index in [0.29, 0.717) is 17.0 Å². The molecule has 1 amide bonds. The number of aromatic amines is 1. The molecule has 1 aliphatic carbocycles. The predicted molar refractivity (Wildman–Crippen MR) is 135 cm³/mol. The molecule has 0 radical (unpaired) electrons. The molecule has 3 aliphatic rings. The maximum Gasteiger partial charge on any atom is 0.273 e. The topological polar surface area (TPSA) is 64.0 Å². The van der Waals surface area contributed by atoms with Gasteiger partial charge in [0.15, 0.2) is 5.69 Å². The summed E-state index contributed by atoms with van der Waals surface area (Å²) in [5, 5.41) is 3.02. The van der Waals surface area contributed by atoms with Gasteiger partial charge in [0.2, 0.25) is 5.91 Å². The van der Waals surface area contributed by atoms with E-state index in [2.05, 4.69) is 62.6 Å². The maximum absolute atomic E-state index is 14.4. The molecule has 0 saturated carbocycles. The first kappa shape index (κ1) is 22.7. The molecule has 35 heavy (non-hydrogen) atoms. The molecule has 3 aromatic rings. The first-order chi connectivity index (χ1) is 17.2. The fourth-order valence-corrected chi connectivity index (χ4v) is 7.20. The van der Waals surface area contributed by atoms with E-state index in [9.17, 15) is 4.79 Å². The number of rotatable bonds is 3. The summed E-state index contributed by atoms with van der Waals surface area (Å²) in [6.45, 7) is 2.59. The zero-order valence-corrected chi connectivity index (χ0v) is 20.8. The molecule has 1 unspecified atom stereocenters. The average Bonchev–Trinajstić information content (AvgIpc) is 3.32. The standard InChI is InChI=1S/C29H31ClN4O/c30-27-11-10-23-25(33-27)9-4-13-29(23)19-32-18-24(29)28(35)34-15-12-21(20-6-2-1-3-7-20)16-26(34)22-8-5-14-31-17-22/h1-3,5-8,10-11,14,17,21,24,26,32H,4,9,12-13,15-16,18-19H2/p+2/t21-,24+,26?,29+/m1/s1. The Balaban J connectivity index is 1.34. The van der Waals surface area contributed by atoms with Gasteiger partial charge in [-0.15, -0.1) is 0 Å². The molecule has 6 rings (SSSR count). The van der Waals surface area contributed by atoms with Crippen molar-refractivity contribution in [3.8, 4) is 0 Å². The largest absolute Gasteiger partial charge is 0.345 e. The van der Waals surface area contributed by atoms with Crippen LogP contribution in [0.3, 0.4) is 0 Å². The van der Waals surface area contributed by atoms with E-state index in [4.69, 9.17) is 11.6 Å². The number of likely N-dealkylation sites (tertiary alicyclic amines) is 1. The molecule has 5 nitrogen and oxygen atoms in total. The lowest BCUT2D eigenvalue weighted by Crippen LogP contribution is -2.82. The van der Waals surface area contributed by atoms with Gasteiger partial charge in [-0.2, -0.15) is 4.98 Å². The summed E-state index contributed by atoms with van der Waals surface area (Å²) < 4.78 is 0. The summed E-state index contributed by atoms with van der Waals surface area (Å²) in [5.41, 5.74) is 4.90. The highest BCUT2D eigenvalue weighted by Crippen LogP contribution is 2.46. The third kappa shape index (κ3) is 4.05. The van der Waals surface area contributed by atoms with Crippen molar-refractivity contribution in [2.24, 2.45) is 5.92 Å². The molecule has 2 aromatic heterocycles. The molecule has 4 heterocycles. The van der Waals surface area contributed by atoms with E-state index in [0.717, 1.165) is 57.3 Å². The Labute approximate surface area is 211 Å². The van der Waals surface area contributed by atoms with E-state index in [1.807, 2.05) is 24.5 Å². The number of nitrogens with one attached hydrogen (secondary N) is 1. The Morgan fingerprint density at radius 1 is 1.11 bits per heavy atom. The monoisotopic (exact) mass is 488 g/mol. The number of benzene rings is 1. The van der Waals surface area contributed by atoms with Crippen LogP contribution in [0, 0.1) is 5.92 Å². The fourth-order valence-electron chi connectivity index (χ4n) is 7.02. The third-order valence-electron chi connectivity index (χ3n) is 8.68. The molecule has 0 bridgehead atoms. The minimum absolute atomic E-state index is 0.0245. The van der Waals surface area contributed by atoms with Crippen molar-refractivity contribution in [1.29, 1.82) is 0 Å². The van der Waals surface area contributed by atoms with Gasteiger partial charge in [0.05, 0.1) is 24.5 Å². The Bertz CT molecular complexity index is 1200. The molecule has 1 spiro atoms. The molecule has 2 fully saturated rings. The van der Waals surface area contributed by atoms with Gasteiger partial charge in [-0.3, -0.25) is 9.78 Å². The number of piperidine rings is 1. The van der Waals surface area contributed by atoms with Crippen molar-refractivity contribution >= 4 is 17.5 Å². The number of fused-ring (bicyclic) bond motifs is 2. The van der Waals surface area contributed by atoms with Crippen LogP contribution in [0.25, 0.3) is 0 Å². The number of hydrogen-bond donors (Lipinski definition) is 1. The smallest absolute Gasteiger partial charge is 0.273 e. The highest BCUT2D eigenvalue weighted by atomic mass is 35.5. The number of hydrogen-bond acceptors (Lipinski definition) is 2. The molecular weight excluding hydrogens is 456 g/mol. The quantitative estimate of drug-likeness (QED) is 0.574. The van der Waals surface area contributed by atoms with Gasteiger partial charge in [0.1, 0.15) is 5.92 Å². The van der Waals surface area contributed by atoms with E-state index < -0.39 is 0 Å². The Kier molecular flexibility index (Phi) is 6.07. The minimum atomic E-state index is -0.123. The number of halogens is 1. The maximum atomic E-state index is 14.4. The Hall–Kier alpha value is -2.76. The van der Waals surface area contributed by atoms with E-state index in [1.165, 1.54) is 16.8 Å². The number of pyridine rings is 2. The SMILES string of the molecule is O=C([C@@H]1C[NH2+]C[C@]12CCCc1[nH+]c(Cl)ccc12)N1CC[C@@H](c2ccccc2)CC1c1cccnc1. The van der Waals surface area contributed by atoms with Crippen LogP contribution in [0.2, 0.25) is 5.15 Å². The van der Waals surface area contributed by atoms with Gasteiger partial charge in [-0.25, -0.2) is 0 Å². The van der Waals surface area contributed by atoms with Crippen molar-refractivity contribution < 1.29 is 15.1 Å². The number of H-pyrrole nitrogens is 1. The molecule has 2 aliphatic heterocycles. The molecule has 180 valence electrons. The number of nitrogens with zero attached hydrogens (tertiary/aromatic N) is 2. The minimum Gasteiger partial charge on any atom is -0.345 e. The lowest BCUT2D eigenvalue weighted by Gasteiger charge is -2.43. The summed E-state index contributed by atoms with van der Waals surface area (Å²) in [7, 11) is 0. The van der Waals surface area contributed by atoms with Crippen LogP contribution in [-0.4, -0.2) is 35.4 Å². The summed E-state index contributed by atoms with van der Waals surface area (Å²) >= 11 is 6.30. The van der Waals surface area contributed by atoms with E-state index in [1.54, 1.807) is 0 Å².